The molecule has 2 aliphatic carbocycles. The number of amides is 1. The first kappa shape index (κ1) is 23.7. The van der Waals surface area contributed by atoms with Crippen LogP contribution in [0.1, 0.15) is 56.1 Å². The summed E-state index contributed by atoms with van der Waals surface area (Å²) >= 11 is 0. The normalized spacial score (nSPS) is 26.2. The van der Waals surface area contributed by atoms with Crippen LogP contribution in [0, 0.1) is 24.7 Å². The van der Waals surface area contributed by atoms with Crippen LogP contribution in [-0.4, -0.2) is 47.3 Å². The molecule has 0 bridgehead atoms. The van der Waals surface area contributed by atoms with Crippen LogP contribution in [0.3, 0.4) is 0 Å². The van der Waals surface area contributed by atoms with Gasteiger partial charge in [0.05, 0.1) is 12.2 Å². The Morgan fingerprint density at radius 3 is 2.81 bits per heavy atom. The van der Waals surface area contributed by atoms with Gasteiger partial charge in [-0.25, -0.2) is 0 Å². The number of benzene rings is 1. The molecule has 170 valence electrons. The van der Waals surface area contributed by atoms with Crippen LogP contribution < -0.4 is 0 Å². The van der Waals surface area contributed by atoms with Crippen LogP contribution in [0.25, 0.3) is 0 Å². The summed E-state index contributed by atoms with van der Waals surface area (Å²) in [6.45, 7) is 2.06. The third-order valence-corrected chi connectivity index (χ3v) is 6.92. The van der Waals surface area contributed by atoms with Gasteiger partial charge in [-0.2, -0.15) is 0 Å². The van der Waals surface area contributed by atoms with E-state index in [4.69, 9.17) is 0 Å². The number of carbonyl (C=O) groups is 1. The molecule has 1 fully saturated rings. The predicted octanol–water partition coefficient (Wildman–Crippen LogP) is 4.44. The Kier molecular flexibility index (Phi) is 8.50. The molecule has 4 nitrogen and oxygen atoms in total. The molecule has 31 heavy (non-hydrogen) atoms. The van der Waals surface area contributed by atoms with Crippen molar-refractivity contribution in [1.29, 1.82) is 0 Å². The monoisotopic (exact) mass is 425 g/mol. The molecule has 5 atom stereocenters. The van der Waals surface area contributed by atoms with E-state index in [0.29, 0.717) is 24.7 Å². The van der Waals surface area contributed by atoms with Crippen molar-refractivity contribution < 1.29 is 15.0 Å². The predicted molar refractivity (Wildman–Crippen MR) is 126 cm³/mol. The van der Waals surface area contributed by atoms with Crippen LogP contribution in [0.2, 0.25) is 0 Å². The highest BCUT2D eigenvalue weighted by molar-refractivity contribution is 5.75. The van der Waals surface area contributed by atoms with Crippen LogP contribution in [-0.2, 0) is 11.2 Å². The van der Waals surface area contributed by atoms with E-state index >= 15 is 0 Å². The Balaban J connectivity index is 1.44. The number of aryl methyl sites for hydroxylation is 1. The molecule has 1 aromatic carbocycles. The maximum Gasteiger partial charge on any atom is 0.222 e. The summed E-state index contributed by atoms with van der Waals surface area (Å²) < 4.78 is 0. The van der Waals surface area contributed by atoms with Gasteiger partial charge in [-0.05, 0) is 56.4 Å². The zero-order chi connectivity index (χ0) is 22.4. The lowest BCUT2D eigenvalue weighted by Crippen LogP contribution is -2.20. The number of hydrogen-bond acceptors (Lipinski definition) is 3. The van der Waals surface area contributed by atoms with E-state index in [-0.39, 0.29) is 17.9 Å². The molecule has 0 aromatic heterocycles. The first-order valence-corrected chi connectivity index (χ1v) is 11.8. The number of carbonyl (C=O) groups excluding carboxylic acids is 1. The highest BCUT2D eigenvalue weighted by Gasteiger charge is 2.43. The van der Waals surface area contributed by atoms with E-state index in [1.54, 1.807) is 4.90 Å². The fourth-order valence-electron chi connectivity index (χ4n) is 5.22. The molecule has 0 spiro atoms. The van der Waals surface area contributed by atoms with Crippen molar-refractivity contribution in [3.8, 4) is 0 Å². The lowest BCUT2D eigenvalue weighted by molar-refractivity contribution is -0.128. The summed E-state index contributed by atoms with van der Waals surface area (Å²) in [5.74, 6) is 1.26. The van der Waals surface area contributed by atoms with E-state index in [9.17, 15) is 15.0 Å². The average molecular weight is 426 g/mol. The molecule has 1 aromatic rings. The number of unbranched alkanes of at least 4 members (excludes halogenated alkanes) is 2. The molecular weight excluding hydrogens is 386 g/mol. The van der Waals surface area contributed by atoms with Crippen molar-refractivity contribution >= 4 is 5.91 Å². The second kappa shape index (κ2) is 11.1. The molecule has 0 saturated heterocycles. The number of nitrogens with zero attached hydrogens (tertiary/aromatic N) is 1. The number of aliphatic hydroxyl groups excluding tert-OH is 2. The summed E-state index contributed by atoms with van der Waals surface area (Å²) in [6, 6.07) is 8.25. The van der Waals surface area contributed by atoms with Gasteiger partial charge in [-0.15, -0.1) is 0 Å². The van der Waals surface area contributed by atoms with Gasteiger partial charge >= 0.3 is 0 Å². The highest BCUT2D eigenvalue weighted by atomic mass is 16.3. The Labute approximate surface area is 187 Å². The van der Waals surface area contributed by atoms with Gasteiger partial charge < -0.3 is 15.1 Å². The quantitative estimate of drug-likeness (QED) is 0.430. The molecule has 2 aliphatic rings. The minimum atomic E-state index is -0.522. The van der Waals surface area contributed by atoms with Gasteiger partial charge in [0.25, 0.3) is 0 Å². The largest absolute Gasteiger partial charge is 0.392 e. The highest BCUT2D eigenvalue weighted by Crippen LogP contribution is 2.48. The molecule has 4 heteroatoms. The first-order valence-electron chi connectivity index (χ1n) is 11.8. The smallest absolute Gasteiger partial charge is 0.222 e. The lowest BCUT2D eigenvalue weighted by Gasteiger charge is -2.19. The van der Waals surface area contributed by atoms with Gasteiger partial charge in [-0.1, -0.05) is 60.1 Å². The van der Waals surface area contributed by atoms with Crippen LogP contribution in [0.15, 0.2) is 48.1 Å². The molecule has 0 unspecified atom stereocenters. The molecule has 1 amide bonds. The van der Waals surface area contributed by atoms with E-state index in [1.807, 2.05) is 32.3 Å². The number of rotatable bonds is 10. The molecule has 0 heterocycles. The number of hydrogen-bond donors (Lipinski definition) is 2. The third-order valence-electron chi connectivity index (χ3n) is 6.92. The van der Waals surface area contributed by atoms with Gasteiger partial charge in [0.1, 0.15) is 0 Å². The standard InChI is InChI=1S/C27H39NO3/c1-19-8-7-10-20(14-19)16-23(29)12-13-24-25-17-21(15-22(25)18-26(24)30)9-5-4-6-11-27(31)28(2)3/h7-8,10,12-15,22-26,29-30H,4-6,9,11,16-18H2,1-3H3/t22-,23+,24+,25-,26+/m0/s1. The first-order chi connectivity index (χ1) is 14.8. The second-order valence-electron chi connectivity index (χ2n) is 9.73. The molecule has 1 saturated carbocycles. The van der Waals surface area contributed by atoms with Crippen molar-refractivity contribution in [3.63, 3.8) is 0 Å². The molecular formula is C27H39NO3. The van der Waals surface area contributed by atoms with Crippen LogP contribution >= 0.6 is 0 Å². The van der Waals surface area contributed by atoms with E-state index in [0.717, 1.165) is 44.1 Å². The summed E-state index contributed by atoms with van der Waals surface area (Å²) in [6.07, 6.45) is 12.9. The lowest BCUT2D eigenvalue weighted by atomic mass is 9.88. The molecule has 3 rings (SSSR count). The fourth-order valence-corrected chi connectivity index (χ4v) is 5.22. The topological polar surface area (TPSA) is 60.8 Å². The van der Waals surface area contributed by atoms with Crippen molar-refractivity contribution in [1.82, 2.24) is 4.90 Å². The Morgan fingerprint density at radius 2 is 2.06 bits per heavy atom. The average Bonchev–Trinajstić information content (AvgIpc) is 3.22. The zero-order valence-corrected chi connectivity index (χ0v) is 19.3. The maximum absolute atomic E-state index is 11.7. The van der Waals surface area contributed by atoms with E-state index in [2.05, 4.69) is 31.2 Å². The summed E-state index contributed by atoms with van der Waals surface area (Å²) in [5, 5.41) is 21.0. The number of allylic oxidation sites excluding steroid dienone is 2. The van der Waals surface area contributed by atoms with Gasteiger partial charge in [-0.3, -0.25) is 4.79 Å². The SMILES string of the molecule is Cc1cccc(C[C@H](O)C=C[C@@H]2[C@H]3CC(CCCCCC(=O)N(C)C)=C[C@H]3C[C@H]2O)c1. The van der Waals surface area contributed by atoms with Crippen molar-refractivity contribution in [2.75, 3.05) is 14.1 Å². The van der Waals surface area contributed by atoms with Gasteiger partial charge in [0.15, 0.2) is 0 Å². The number of aliphatic hydroxyl groups is 2. The third kappa shape index (κ3) is 6.78. The van der Waals surface area contributed by atoms with E-state index in [1.165, 1.54) is 11.1 Å². The Bertz CT molecular complexity index is 797. The molecule has 0 radical (unpaired) electrons. The van der Waals surface area contributed by atoms with Gasteiger partial charge in [0, 0.05) is 32.9 Å². The van der Waals surface area contributed by atoms with Crippen molar-refractivity contribution in [2.24, 2.45) is 17.8 Å². The molecule has 0 aliphatic heterocycles. The minimum Gasteiger partial charge on any atom is -0.392 e. The summed E-state index contributed by atoms with van der Waals surface area (Å²) in [4.78, 5) is 13.3. The van der Waals surface area contributed by atoms with Gasteiger partial charge in [0.2, 0.25) is 5.91 Å². The minimum absolute atomic E-state index is 0.128. The number of fused-ring (bicyclic) bond motifs is 1. The zero-order valence-electron chi connectivity index (χ0n) is 19.3. The van der Waals surface area contributed by atoms with Crippen molar-refractivity contribution in [3.05, 3.63) is 59.2 Å². The maximum atomic E-state index is 11.7. The fraction of sp³-hybridized carbons (Fsp3) is 0.593. The summed E-state index contributed by atoms with van der Waals surface area (Å²) in [7, 11) is 3.62. The Hall–Kier alpha value is -1.91. The van der Waals surface area contributed by atoms with Crippen LogP contribution in [0.4, 0.5) is 0 Å². The van der Waals surface area contributed by atoms with Crippen LogP contribution in [0.5, 0.6) is 0 Å². The van der Waals surface area contributed by atoms with Crippen molar-refractivity contribution in [2.45, 2.75) is 70.5 Å². The molecule has 2 N–H and O–H groups in total. The summed E-state index contributed by atoms with van der Waals surface area (Å²) in [5.41, 5.74) is 3.86. The second-order valence-corrected chi connectivity index (χ2v) is 9.73. The van der Waals surface area contributed by atoms with E-state index < -0.39 is 6.10 Å². The Morgan fingerprint density at radius 1 is 1.26 bits per heavy atom.